The summed E-state index contributed by atoms with van der Waals surface area (Å²) in [6, 6.07) is 0. The Morgan fingerprint density at radius 1 is 1.13 bits per heavy atom. The van der Waals surface area contributed by atoms with E-state index in [1.165, 1.54) is 0 Å². The molecule has 0 aromatic heterocycles. The number of rotatable bonds is 4. The second-order valence-corrected chi connectivity index (χ2v) is 4.94. The highest BCUT2D eigenvalue weighted by molar-refractivity contribution is 5.91. The molecule has 4 nitrogen and oxygen atoms in total. The first-order chi connectivity index (χ1) is 6.70. The van der Waals surface area contributed by atoms with E-state index in [0.29, 0.717) is 6.61 Å². The van der Waals surface area contributed by atoms with Gasteiger partial charge in [-0.3, -0.25) is 9.59 Å². The topological polar surface area (TPSA) is 52.6 Å². The standard InChI is InChI=1S/C11H20O4/c1-8(2)15-10(13)6-9(12)14-7-11(3,4)5/h8H,6-7H2,1-5H3. The molecule has 0 fully saturated rings. The summed E-state index contributed by atoms with van der Waals surface area (Å²) in [6.45, 7) is 9.63. The van der Waals surface area contributed by atoms with Gasteiger partial charge in [0.05, 0.1) is 12.7 Å². The Kier molecular flexibility index (Phi) is 5.33. The van der Waals surface area contributed by atoms with Crippen LogP contribution in [0.15, 0.2) is 0 Å². The van der Waals surface area contributed by atoms with Crippen LogP contribution in [0.4, 0.5) is 0 Å². The molecule has 88 valence electrons. The van der Waals surface area contributed by atoms with Gasteiger partial charge in [0.15, 0.2) is 0 Å². The Morgan fingerprint density at radius 3 is 2.07 bits per heavy atom. The molecule has 0 atom stereocenters. The molecule has 0 aliphatic carbocycles. The number of hydrogen-bond donors (Lipinski definition) is 0. The molecule has 15 heavy (non-hydrogen) atoms. The van der Waals surface area contributed by atoms with Gasteiger partial charge in [-0.1, -0.05) is 20.8 Å². The largest absolute Gasteiger partial charge is 0.465 e. The maximum Gasteiger partial charge on any atom is 0.317 e. The highest BCUT2D eigenvalue weighted by Gasteiger charge is 2.17. The van der Waals surface area contributed by atoms with E-state index < -0.39 is 11.9 Å². The fraction of sp³-hybridized carbons (Fsp3) is 0.818. The highest BCUT2D eigenvalue weighted by atomic mass is 16.6. The Hall–Kier alpha value is -1.06. The van der Waals surface area contributed by atoms with Crippen LogP contribution >= 0.6 is 0 Å². The van der Waals surface area contributed by atoms with Crippen LogP contribution in [0.2, 0.25) is 0 Å². The van der Waals surface area contributed by atoms with E-state index in [-0.39, 0.29) is 17.9 Å². The van der Waals surface area contributed by atoms with Gasteiger partial charge in [0.25, 0.3) is 0 Å². The lowest BCUT2D eigenvalue weighted by Gasteiger charge is -2.17. The van der Waals surface area contributed by atoms with Crippen molar-refractivity contribution in [3.63, 3.8) is 0 Å². The van der Waals surface area contributed by atoms with Gasteiger partial charge >= 0.3 is 11.9 Å². The first kappa shape index (κ1) is 13.9. The Labute approximate surface area is 90.9 Å². The lowest BCUT2D eigenvalue weighted by atomic mass is 9.99. The number of esters is 2. The quantitative estimate of drug-likeness (QED) is 0.532. The van der Waals surface area contributed by atoms with Crippen LogP contribution in [-0.2, 0) is 19.1 Å². The maximum atomic E-state index is 11.2. The van der Waals surface area contributed by atoms with Gasteiger partial charge in [-0.2, -0.15) is 0 Å². The van der Waals surface area contributed by atoms with Crippen LogP contribution in [0.3, 0.4) is 0 Å². The predicted octanol–water partition coefficient (Wildman–Crippen LogP) is 1.92. The van der Waals surface area contributed by atoms with Crippen molar-refractivity contribution in [2.75, 3.05) is 6.61 Å². The lowest BCUT2D eigenvalue weighted by molar-refractivity contribution is -0.158. The Bertz CT molecular complexity index is 225. The minimum Gasteiger partial charge on any atom is -0.465 e. The summed E-state index contributed by atoms with van der Waals surface area (Å²) in [7, 11) is 0. The van der Waals surface area contributed by atoms with Gasteiger partial charge in [-0.15, -0.1) is 0 Å². The Balaban J connectivity index is 3.80. The highest BCUT2D eigenvalue weighted by Crippen LogP contribution is 2.13. The zero-order valence-corrected chi connectivity index (χ0v) is 10.1. The van der Waals surface area contributed by atoms with Gasteiger partial charge in [0.2, 0.25) is 0 Å². The molecule has 0 amide bonds. The molecule has 0 heterocycles. The van der Waals surface area contributed by atoms with E-state index in [1.807, 2.05) is 20.8 Å². The zero-order valence-electron chi connectivity index (χ0n) is 10.1. The molecule has 0 rings (SSSR count). The summed E-state index contributed by atoms with van der Waals surface area (Å²) in [5.41, 5.74) is -0.0857. The average Bonchev–Trinajstić information content (AvgIpc) is 1.97. The monoisotopic (exact) mass is 216 g/mol. The second kappa shape index (κ2) is 5.73. The van der Waals surface area contributed by atoms with Crippen molar-refractivity contribution >= 4 is 11.9 Å². The van der Waals surface area contributed by atoms with Crippen molar-refractivity contribution in [1.29, 1.82) is 0 Å². The second-order valence-electron chi connectivity index (χ2n) is 4.94. The Morgan fingerprint density at radius 2 is 1.67 bits per heavy atom. The van der Waals surface area contributed by atoms with Crippen molar-refractivity contribution in [3.8, 4) is 0 Å². The number of carbonyl (C=O) groups excluding carboxylic acids is 2. The molecule has 0 aliphatic heterocycles. The van der Waals surface area contributed by atoms with Crippen molar-refractivity contribution in [1.82, 2.24) is 0 Å². The normalized spacial score (nSPS) is 11.3. The molecule has 0 radical (unpaired) electrons. The van der Waals surface area contributed by atoms with Gasteiger partial charge in [0, 0.05) is 0 Å². The first-order valence-electron chi connectivity index (χ1n) is 5.06. The summed E-state index contributed by atoms with van der Waals surface area (Å²) in [5.74, 6) is -1.07. The predicted molar refractivity (Wildman–Crippen MR) is 56.3 cm³/mol. The summed E-state index contributed by atoms with van der Waals surface area (Å²) in [4.78, 5) is 22.2. The van der Waals surface area contributed by atoms with Crippen LogP contribution in [0.25, 0.3) is 0 Å². The molecule has 0 aliphatic rings. The van der Waals surface area contributed by atoms with E-state index in [1.54, 1.807) is 13.8 Å². The third-order valence-corrected chi connectivity index (χ3v) is 1.32. The number of carbonyl (C=O) groups is 2. The molecule has 0 saturated heterocycles. The van der Waals surface area contributed by atoms with E-state index in [2.05, 4.69) is 0 Å². The van der Waals surface area contributed by atoms with Crippen molar-refractivity contribution < 1.29 is 19.1 Å². The molecule has 0 N–H and O–H groups in total. The third-order valence-electron chi connectivity index (χ3n) is 1.32. The number of hydrogen-bond acceptors (Lipinski definition) is 4. The van der Waals surface area contributed by atoms with Gasteiger partial charge in [-0.25, -0.2) is 0 Å². The molecule has 0 bridgehead atoms. The minimum atomic E-state index is -0.538. The molecular weight excluding hydrogens is 196 g/mol. The van der Waals surface area contributed by atoms with Gasteiger partial charge in [-0.05, 0) is 19.3 Å². The number of ether oxygens (including phenoxy) is 2. The first-order valence-corrected chi connectivity index (χ1v) is 5.06. The van der Waals surface area contributed by atoms with E-state index in [0.717, 1.165) is 0 Å². The third kappa shape index (κ3) is 9.25. The van der Waals surface area contributed by atoms with Crippen LogP contribution in [0.5, 0.6) is 0 Å². The van der Waals surface area contributed by atoms with Crippen LogP contribution in [-0.4, -0.2) is 24.6 Å². The fourth-order valence-electron chi connectivity index (χ4n) is 0.770. The van der Waals surface area contributed by atoms with Crippen LogP contribution in [0, 0.1) is 5.41 Å². The van der Waals surface area contributed by atoms with Crippen molar-refractivity contribution in [3.05, 3.63) is 0 Å². The van der Waals surface area contributed by atoms with Gasteiger partial charge in [0.1, 0.15) is 6.42 Å². The fourth-order valence-corrected chi connectivity index (χ4v) is 0.770. The summed E-state index contributed by atoms with van der Waals surface area (Å²) >= 11 is 0. The van der Waals surface area contributed by atoms with Crippen molar-refractivity contribution in [2.45, 2.75) is 47.1 Å². The average molecular weight is 216 g/mol. The maximum absolute atomic E-state index is 11.2. The van der Waals surface area contributed by atoms with E-state index in [4.69, 9.17) is 9.47 Å². The smallest absolute Gasteiger partial charge is 0.317 e. The SMILES string of the molecule is CC(C)OC(=O)CC(=O)OCC(C)(C)C. The van der Waals surface area contributed by atoms with Crippen LogP contribution < -0.4 is 0 Å². The van der Waals surface area contributed by atoms with E-state index >= 15 is 0 Å². The lowest BCUT2D eigenvalue weighted by Crippen LogP contribution is -2.21. The summed E-state index contributed by atoms with van der Waals surface area (Å²) in [5, 5.41) is 0. The molecule has 0 spiro atoms. The summed E-state index contributed by atoms with van der Waals surface area (Å²) in [6.07, 6.45) is -0.512. The molecule has 4 heteroatoms. The molecule has 0 aromatic rings. The molecular formula is C11H20O4. The van der Waals surface area contributed by atoms with Crippen molar-refractivity contribution in [2.24, 2.45) is 5.41 Å². The summed E-state index contributed by atoms with van der Waals surface area (Å²) < 4.78 is 9.73. The minimum absolute atomic E-state index is 0.0857. The molecule has 0 unspecified atom stereocenters. The van der Waals surface area contributed by atoms with Crippen LogP contribution in [0.1, 0.15) is 41.0 Å². The zero-order chi connectivity index (χ0) is 12.1. The van der Waals surface area contributed by atoms with Gasteiger partial charge < -0.3 is 9.47 Å². The molecule has 0 aromatic carbocycles. The van der Waals surface area contributed by atoms with E-state index in [9.17, 15) is 9.59 Å². The molecule has 0 saturated carbocycles.